The van der Waals surface area contributed by atoms with E-state index in [-0.39, 0.29) is 0 Å². The maximum absolute atomic E-state index is 4.62. The fourth-order valence-electron chi connectivity index (χ4n) is 2.54. The number of nitrogens with one attached hydrogen (secondary N) is 2. The molecule has 1 aromatic heterocycles. The Morgan fingerprint density at radius 2 is 2.05 bits per heavy atom. The average molecular weight is 303 g/mol. The SMILES string of the molecule is CCCCNC(=NCc1ccc(N2CCCC2)nc1)NCC. The number of hydrogen-bond acceptors (Lipinski definition) is 3. The van der Waals surface area contributed by atoms with Crippen LogP contribution in [0.15, 0.2) is 23.3 Å². The molecule has 0 aliphatic carbocycles. The monoisotopic (exact) mass is 303 g/mol. The van der Waals surface area contributed by atoms with Gasteiger partial charge in [0.15, 0.2) is 5.96 Å². The van der Waals surface area contributed by atoms with E-state index in [1.54, 1.807) is 0 Å². The van der Waals surface area contributed by atoms with Gasteiger partial charge in [0.2, 0.25) is 0 Å². The van der Waals surface area contributed by atoms with Crippen molar-refractivity contribution in [2.24, 2.45) is 4.99 Å². The number of guanidine groups is 1. The second-order valence-electron chi connectivity index (χ2n) is 5.69. The minimum absolute atomic E-state index is 0.661. The molecule has 1 aliphatic heterocycles. The number of aliphatic imine (C=N–C) groups is 1. The summed E-state index contributed by atoms with van der Waals surface area (Å²) in [5.41, 5.74) is 1.15. The standard InChI is InChI=1S/C17H29N5/c1-3-5-10-19-17(18-4-2)21-14-15-8-9-16(20-13-15)22-11-6-7-12-22/h8-9,13H,3-7,10-12,14H2,1-2H3,(H2,18,19,21). The average Bonchev–Trinajstić information content (AvgIpc) is 3.08. The molecule has 1 aromatic rings. The predicted molar refractivity (Wildman–Crippen MR) is 93.4 cm³/mol. The van der Waals surface area contributed by atoms with Gasteiger partial charge >= 0.3 is 0 Å². The van der Waals surface area contributed by atoms with Crippen LogP contribution in [0.5, 0.6) is 0 Å². The van der Waals surface area contributed by atoms with Crippen molar-refractivity contribution in [2.75, 3.05) is 31.1 Å². The zero-order valence-corrected chi connectivity index (χ0v) is 13.9. The van der Waals surface area contributed by atoms with Gasteiger partial charge in [-0.2, -0.15) is 0 Å². The van der Waals surface area contributed by atoms with Gasteiger partial charge in [-0.25, -0.2) is 9.98 Å². The molecule has 122 valence electrons. The highest BCUT2D eigenvalue weighted by atomic mass is 15.2. The minimum Gasteiger partial charge on any atom is -0.357 e. The largest absolute Gasteiger partial charge is 0.357 e. The van der Waals surface area contributed by atoms with Gasteiger partial charge in [0.25, 0.3) is 0 Å². The van der Waals surface area contributed by atoms with Crippen molar-refractivity contribution >= 4 is 11.8 Å². The smallest absolute Gasteiger partial charge is 0.191 e. The number of rotatable bonds is 7. The van der Waals surface area contributed by atoms with E-state index >= 15 is 0 Å². The Morgan fingerprint density at radius 1 is 1.23 bits per heavy atom. The van der Waals surface area contributed by atoms with Crippen LogP contribution in [0, 0.1) is 0 Å². The first-order valence-electron chi connectivity index (χ1n) is 8.55. The Morgan fingerprint density at radius 3 is 2.68 bits per heavy atom. The molecular weight excluding hydrogens is 274 g/mol. The third kappa shape index (κ3) is 5.20. The molecule has 1 saturated heterocycles. The van der Waals surface area contributed by atoms with Crippen LogP contribution in [0.1, 0.15) is 45.1 Å². The molecule has 2 heterocycles. The fraction of sp³-hybridized carbons (Fsp3) is 0.647. The highest BCUT2D eigenvalue weighted by Gasteiger charge is 2.12. The Kier molecular flexibility index (Phi) is 7.00. The molecule has 2 rings (SSSR count). The number of pyridine rings is 1. The van der Waals surface area contributed by atoms with Crippen LogP contribution < -0.4 is 15.5 Å². The highest BCUT2D eigenvalue weighted by molar-refractivity contribution is 5.79. The molecule has 2 N–H and O–H groups in total. The van der Waals surface area contributed by atoms with Crippen LogP contribution in [0.4, 0.5) is 5.82 Å². The maximum Gasteiger partial charge on any atom is 0.191 e. The summed E-state index contributed by atoms with van der Waals surface area (Å²) >= 11 is 0. The van der Waals surface area contributed by atoms with Gasteiger partial charge in [-0.3, -0.25) is 0 Å². The second-order valence-corrected chi connectivity index (χ2v) is 5.69. The van der Waals surface area contributed by atoms with Crippen LogP contribution in [0.3, 0.4) is 0 Å². The number of nitrogens with zero attached hydrogens (tertiary/aromatic N) is 3. The van der Waals surface area contributed by atoms with Crippen molar-refractivity contribution in [2.45, 2.75) is 46.1 Å². The molecule has 0 atom stereocenters. The number of unbranched alkanes of at least 4 members (excludes halogenated alkanes) is 1. The first-order chi connectivity index (χ1) is 10.8. The molecule has 1 aliphatic rings. The van der Waals surface area contributed by atoms with E-state index < -0.39 is 0 Å². The van der Waals surface area contributed by atoms with Crippen molar-refractivity contribution in [3.63, 3.8) is 0 Å². The summed E-state index contributed by atoms with van der Waals surface area (Å²) in [7, 11) is 0. The predicted octanol–water partition coefficient (Wildman–Crippen LogP) is 2.54. The lowest BCUT2D eigenvalue weighted by Gasteiger charge is -2.16. The van der Waals surface area contributed by atoms with Crippen LogP contribution in [0.2, 0.25) is 0 Å². The van der Waals surface area contributed by atoms with E-state index in [4.69, 9.17) is 0 Å². The van der Waals surface area contributed by atoms with Gasteiger partial charge in [-0.15, -0.1) is 0 Å². The van der Waals surface area contributed by atoms with Crippen molar-refractivity contribution < 1.29 is 0 Å². The summed E-state index contributed by atoms with van der Waals surface area (Å²) in [6.45, 7) is 9.06. The molecule has 22 heavy (non-hydrogen) atoms. The summed E-state index contributed by atoms with van der Waals surface area (Å²) < 4.78 is 0. The molecule has 0 amide bonds. The molecule has 0 saturated carbocycles. The molecule has 5 nitrogen and oxygen atoms in total. The maximum atomic E-state index is 4.62. The fourth-order valence-corrected chi connectivity index (χ4v) is 2.54. The molecule has 0 bridgehead atoms. The van der Waals surface area contributed by atoms with Crippen LogP contribution >= 0.6 is 0 Å². The number of anilines is 1. The normalized spacial score (nSPS) is 15.2. The lowest BCUT2D eigenvalue weighted by molar-refractivity contribution is 0.730. The molecule has 0 radical (unpaired) electrons. The number of aromatic nitrogens is 1. The summed E-state index contributed by atoms with van der Waals surface area (Å²) in [5.74, 6) is 1.98. The summed E-state index contributed by atoms with van der Waals surface area (Å²) in [6, 6.07) is 4.26. The van der Waals surface area contributed by atoms with Crippen molar-refractivity contribution in [3.8, 4) is 0 Å². The van der Waals surface area contributed by atoms with Crippen LogP contribution in [0.25, 0.3) is 0 Å². The van der Waals surface area contributed by atoms with E-state index in [1.165, 1.54) is 19.3 Å². The van der Waals surface area contributed by atoms with E-state index in [0.29, 0.717) is 6.54 Å². The minimum atomic E-state index is 0.661. The third-order valence-electron chi connectivity index (χ3n) is 3.83. The van der Waals surface area contributed by atoms with E-state index in [1.807, 2.05) is 6.20 Å². The topological polar surface area (TPSA) is 52.6 Å². The zero-order chi connectivity index (χ0) is 15.6. The highest BCUT2D eigenvalue weighted by Crippen LogP contribution is 2.17. The summed E-state index contributed by atoms with van der Waals surface area (Å²) in [5, 5.41) is 6.64. The summed E-state index contributed by atoms with van der Waals surface area (Å²) in [6.07, 6.45) is 6.87. The summed E-state index contributed by atoms with van der Waals surface area (Å²) in [4.78, 5) is 11.6. The first-order valence-corrected chi connectivity index (χ1v) is 8.55. The molecule has 0 spiro atoms. The molecule has 0 aromatic carbocycles. The Balaban J connectivity index is 1.88. The van der Waals surface area contributed by atoms with Gasteiger partial charge < -0.3 is 15.5 Å². The van der Waals surface area contributed by atoms with Gasteiger partial charge in [-0.05, 0) is 37.8 Å². The Bertz CT molecular complexity index is 449. The van der Waals surface area contributed by atoms with E-state index in [0.717, 1.165) is 49.9 Å². The van der Waals surface area contributed by atoms with Crippen molar-refractivity contribution in [1.29, 1.82) is 0 Å². The first kappa shape index (κ1) is 16.6. The lowest BCUT2D eigenvalue weighted by atomic mass is 10.3. The third-order valence-corrected chi connectivity index (χ3v) is 3.83. The lowest BCUT2D eigenvalue weighted by Crippen LogP contribution is -2.37. The van der Waals surface area contributed by atoms with Crippen LogP contribution in [-0.2, 0) is 6.54 Å². The molecule has 1 fully saturated rings. The molecule has 0 unspecified atom stereocenters. The van der Waals surface area contributed by atoms with E-state index in [2.05, 4.69) is 51.5 Å². The Labute approximate surface area is 134 Å². The van der Waals surface area contributed by atoms with Gasteiger partial charge in [-0.1, -0.05) is 19.4 Å². The van der Waals surface area contributed by atoms with Crippen LogP contribution in [-0.4, -0.2) is 37.1 Å². The Hall–Kier alpha value is -1.78. The van der Waals surface area contributed by atoms with Gasteiger partial charge in [0.05, 0.1) is 6.54 Å². The van der Waals surface area contributed by atoms with Gasteiger partial charge in [0, 0.05) is 32.4 Å². The van der Waals surface area contributed by atoms with Crippen molar-refractivity contribution in [3.05, 3.63) is 23.9 Å². The zero-order valence-electron chi connectivity index (χ0n) is 13.9. The second kappa shape index (κ2) is 9.28. The van der Waals surface area contributed by atoms with E-state index in [9.17, 15) is 0 Å². The number of hydrogen-bond donors (Lipinski definition) is 2. The molecule has 5 heteroatoms. The quantitative estimate of drug-likeness (QED) is 0.462. The van der Waals surface area contributed by atoms with Crippen molar-refractivity contribution in [1.82, 2.24) is 15.6 Å². The van der Waals surface area contributed by atoms with Gasteiger partial charge in [0.1, 0.15) is 5.82 Å². The molecular formula is C17H29N5.